The van der Waals surface area contributed by atoms with Crippen molar-refractivity contribution < 1.29 is 9.59 Å². The Morgan fingerprint density at radius 1 is 1.00 bits per heavy atom. The van der Waals surface area contributed by atoms with Crippen molar-refractivity contribution in [2.24, 2.45) is 10.2 Å². The Hall–Kier alpha value is -3.02. The van der Waals surface area contributed by atoms with Crippen LogP contribution in [-0.4, -0.2) is 30.8 Å². The van der Waals surface area contributed by atoms with E-state index in [4.69, 9.17) is 0 Å². The zero-order chi connectivity index (χ0) is 18.9. The van der Waals surface area contributed by atoms with Gasteiger partial charge in [-0.25, -0.2) is 0 Å². The van der Waals surface area contributed by atoms with Crippen LogP contribution in [0.4, 0.5) is 17.1 Å². The minimum Gasteiger partial charge on any atom is -0.372 e. The number of Topliss-reactive ketones (excluding diaryl/α,β-unsaturated/α-hetero) is 1. The van der Waals surface area contributed by atoms with Gasteiger partial charge in [0.15, 0.2) is 5.78 Å². The van der Waals surface area contributed by atoms with Crippen molar-refractivity contribution in [3.05, 3.63) is 54.6 Å². The summed E-state index contributed by atoms with van der Waals surface area (Å²) < 4.78 is 0. The lowest BCUT2D eigenvalue weighted by Crippen LogP contribution is -2.31. The van der Waals surface area contributed by atoms with E-state index < -0.39 is 11.9 Å². The molecular weight excluding hydrogens is 328 g/mol. The number of benzene rings is 2. The molecule has 2 aromatic carbocycles. The summed E-state index contributed by atoms with van der Waals surface area (Å²) >= 11 is 0. The van der Waals surface area contributed by atoms with Crippen LogP contribution in [0.3, 0.4) is 0 Å². The van der Waals surface area contributed by atoms with Crippen molar-refractivity contribution in [1.82, 2.24) is 0 Å². The molecule has 0 radical (unpaired) electrons. The van der Waals surface area contributed by atoms with Crippen molar-refractivity contribution in [2.45, 2.75) is 26.8 Å². The fraction of sp³-hybridized carbons (Fsp3) is 0.300. The predicted molar refractivity (Wildman–Crippen MR) is 104 cm³/mol. The quantitative estimate of drug-likeness (QED) is 0.571. The van der Waals surface area contributed by atoms with E-state index in [1.54, 1.807) is 24.3 Å². The van der Waals surface area contributed by atoms with Crippen molar-refractivity contribution in [1.29, 1.82) is 0 Å². The standard InChI is InChI=1S/C20H24N4O2/c1-4-24(5-2)18-13-11-17(12-14-18)22-23-19(15(3)25)20(26)21-16-9-7-6-8-10-16/h6-14,19H,4-5H2,1-3H3,(H,21,26). The van der Waals surface area contributed by atoms with Gasteiger partial charge in [-0.2, -0.15) is 10.2 Å². The molecule has 0 aliphatic carbocycles. The molecule has 0 fully saturated rings. The summed E-state index contributed by atoms with van der Waals surface area (Å²) in [5.41, 5.74) is 2.31. The molecule has 0 saturated carbocycles. The summed E-state index contributed by atoms with van der Waals surface area (Å²) in [6.45, 7) is 7.37. The second kappa shape index (κ2) is 9.46. The summed E-state index contributed by atoms with van der Waals surface area (Å²) in [5, 5.41) is 10.7. The number of ketones is 1. The van der Waals surface area contributed by atoms with Crippen molar-refractivity contribution in [2.75, 3.05) is 23.3 Å². The van der Waals surface area contributed by atoms with Crippen LogP contribution in [0.1, 0.15) is 20.8 Å². The number of amides is 1. The molecule has 2 aromatic rings. The Morgan fingerprint density at radius 3 is 2.15 bits per heavy atom. The molecule has 6 nitrogen and oxygen atoms in total. The molecule has 2 rings (SSSR count). The Kier molecular flexibility index (Phi) is 7.02. The van der Waals surface area contributed by atoms with E-state index in [1.807, 2.05) is 30.3 Å². The SMILES string of the molecule is CCN(CC)c1ccc(N=NC(C(C)=O)C(=O)Nc2ccccc2)cc1. The number of para-hydroxylation sites is 1. The first-order valence-corrected chi connectivity index (χ1v) is 8.67. The van der Waals surface area contributed by atoms with Gasteiger partial charge in [-0.1, -0.05) is 18.2 Å². The fourth-order valence-corrected chi connectivity index (χ4v) is 2.49. The smallest absolute Gasteiger partial charge is 0.258 e. The van der Waals surface area contributed by atoms with Crippen LogP contribution in [0.15, 0.2) is 64.8 Å². The van der Waals surface area contributed by atoms with Gasteiger partial charge in [0.05, 0.1) is 5.69 Å². The number of anilines is 2. The van der Waals surface area contributed by atoms with Crippen LogP contribution < -0.4 is 10.2 Å². The topological polar surface area (TPSA) is 74.1 Å². The first kappa shape index (κ1) is 19.3. The van der Waals surface area contributed by atoms with E-state index in [-0.39, 0.29) is 5.78 Å². The van der Waals surface area contributed by atoms with Crippen LogP contribution in [0.25, 0.3) is 0 Å². The lowest BCUT2D eigenvalue weighted by atomic mass is 10.2. The molecule has 0 saturated heterocycles. The second-order valence-electron chi connectivity index (χ2n) is 5.77. The van der Waals surface area contributed by atoms with Gasteiger partial charge in [-0.15, -0.1) is 0 Å². The summed E-state index contributed by atoms with van der Waals surface area (Å²) in [6.07, 6.45) is 0. The third-order valence-electron chi connectivity index (χ3n) is 3.94. The highest BCUT2D eigenvalue weighted by Crippen LogP contribution is 2.20. The number of hydrogen-bond donors (Lipinski definition) is 1. The van der Waals surface area contributed by atoms with E-state index >= 15 is 0 Å². The normalized spacial score (nSPS) is 12.0. The van der Waals surface area contributed by atoms with E-state index in [9.17, 15) is 9.59 Å². The van der Waals surface area contributed by atoms with Crippen molar-refractivity contribution >= 4 is 28.8 Å². The van der Waals surface area contributed by atoms with Gasteiger partial charge in [0.2, 0.25) is 6.04 Å². The van der Waals surface area contributed by atoms with Crippen LogP contribution in [0.5, 0.6) is 0 Å². The lowest BCUT2D eigenvalue weighted by Gasteiger charge is -2.20. The minimum atomic E-state index is -1.17. The molecule has 26 heavy (non-hydrogen) atoms. The van der Waals surface area contributed by atoms with E-state index in [1.165, 1.54) is 6.92 Å². The number of carbonyl (C=O) groups excluding carboxylic acids is 2. The summed E-state index contributed by atoms with van der Waals surface area (Å²) in [7, 11) is 0. The Bertz CT molecular complexity index is 753. The molecule has 136 valence electrons. The van der Waals surface area contributed by atoms with Crippen LogP contribution >= 0.6 is 0 Å². The Labute approximate surface area is 153 Å². The Morgan fingerprint density at radius 2 is 1.62 bits per heavy atom. The summed E-state index contributed by atoms with van der Waals surface area (Å²) in [5.74, 6) is -0.853. The lowest BCUT2D eigenvalue weighted by molar-refractivity contribution is -0.126. The van der Waals surface area contributed by atoms with Gasteiger partial charge in [-0.05, 0) is 57.2 Å². The zero-order valence-electron chi connectivity index (χ0n) is 15.3. The summed E-state index contributed by atoms with van der Waals surface area (Å²) in [6, 6.07) is 15.3. The van der Waals surface area contributed by atoms with Gasteiger partial charge in [-0.3, -0.25) is 9.59 Å². The summed E-state index contributed by atoms with van der Waals surface area (Å²) in [4.78, 5) is 26.3. The van der Waals surface area contributed by atoms with Gasteiger partial charge < -0.3 is 10.2 Å². The fourth-order valence-electron chi connectivity index (χ4n) is 2.49. The van der Waals surface area contributed by atoms with E-state index in [0.717, 1.165) is 18.8 Å². The van der Waals surface area contributed by atoms with Crippen LogP contribution in [0, 0.1) is 0 Å². The maximum atomic E-state index is 12.3. The minimum absolute atomic E-state index is 0.359. The number of carbonyl (C=O) groups is 2. The molecule has 0 aliphatic heterocycles. The monoisotopic (exact) mass is 352 g/mol. The second-order valence-corrected chi connectivity index (χ2v) is 5.77. The van der Waals surface area contributed by atoms with Gasteiger partial charge in [0.1, 0.15) is 0 Å². The predicted octanol–water partition coefficient (Wildman–Crippen LogP) is 4.21. The van der Waals surface area contributed by atoms with Crippen LogP contribution in [0.2, 0.25) is 0 Å². The molecule has 1 atom stereocenters. The number of nitrogens with zero attached hydrogens (tertiary/aromatic N) is 3. The van der Waals surface area contributed by atoms with Crippen molar-refractivity contribution in [3.63, 3.8) is 0 Å². The molecule has 6 heteroatoms. The molecule has 1 N–H and O–H groups in total. The van der Waals surface area contributed by atoms with E-state index in [2.05, 4.69) is 34.3 Å². The van der Waals surface area contributed by atoms with Crippen molar-refractivity contribution in [3.8, 4) is 0 Å². The highest BCUT2D eigenvalue weighted by molar-refractivity contribution is 6.10. The highest BCUT2D eigenvalue weighted by atomic mass is 16.2. The van der Waals surface area contributed by atoms with E-state index in [0.29, 0.717) is 11.4 Å². The Balaban J connectivity index is 2.09. The highest BCUT2D eigenvalue weighted by Gasteiger charge is 2.23. The number of azo groups is 1. The molecular formula is C20H24N4O2. The average molecular weight is 352 g/mol. The molecule has 0 aliphatic rings. The third kappa shape index (κ3) is 5.24. The molecule has 0 aromatic heterocycles. The van der Waals surface area contributed by atoms with Crippen LogP contribution in [-0.2, 0) is 9.59 Å². The molecule has 1 unspecified atom stereocenters. The molecule has 0 heterocycles. The maximum absolute atomic E-state index is 12.3. The maximum Gasteiger partial charge on any atom is 0.258 e. The van der Waals surface area contributed by atoms with Gasteiger partial charge >= 0.3 is 0 Å². The zero-order valence-corrected chi connectivity index (χ0v) is 15.3. The number of rotatable bonds is 8. The molecule has 0 spiro atoms. The molecule has 0 bridgehead atoms. The number of hydrogen-bond acceptors (Lipinski definition) is 5. The van der Waals surface area contributed by atoms with Gasteiger partial charge in [0.25, 0.3) is 5.91 Å². The first-order chi connectivity index (χ1) is 12.5. The average Bonchev–Trinajstić information content (AvgIpc) is 2.64. The number of nitrogens with one attached hydrogen (secondary N) is 1. The largest absolute Gasteiger partial charge is 0.372 e. The van der Waals surface area contributed by atoms with Gasteiger partial charge in [0, 0.05) is 24.5 Å². The molecule has 1 amide bonds. The first-order valence-electron chi connectivity index (χ1n) is 8.67. The third-order valence-corrected chi connectivity index (χ3v) is 3.94.